The van der Waals surface area contributed by atoms with Gasteiger partial charge in [-0.3, -0.25) is 9.97 Å². The van der Waals surface area contributed by atoms with Crippen molar-refractivity contribution in [2.75, 3.05) is 5.32 Å². The maximum absolute atomic E-state index is 4.34. The number of nitrogens with one attached hydrogen (secondary N) is 1. The molecule has 2 heterocycles. The molecule has 0 saturated carbocycles. The predicted octanol–water partition coefficient (Wildman–Crippen LogP) is 3.24. The lowest BCUT2D eigenvalue weighted by atomic mass is 10.2. The van der Waals surface area contributed by atoms with Gasteiger partial charge in [0.25, 0.3) is 0 Å². The van der Waals surface area contributed by atoms with Gasteiger partial charge >= 0.3 is 0 Å². The number of nitrogens with zero attached hydrogens (tertiary/aromatic N) is 2. The van der Waals surface area contributed by atoms with Crippen LogP contribution in [0.1, 0.15) is 5.69 Å². The van der Waals surface area contributed by atoms with Crippen molar-refractivity contribution in [2.45, 2.75) is 6.54 Å². The Labute approximate surface area is 106 Å². The number of anilines is 1. The van der Waals surface area contributed by atoms with Crippen LogP contribution in [0.15, 0.2) is 60.9 Å². The number of aromatic nitrogens is 2. The summed E-state index contributed by atoms with van der Waals surface area (Å²) >= 11 is 0. The van der Waals surface area contributed by atoms with Crippen molar-refractivity contribution in [1.29, 1.82) is 0 Å². The van der Waals surface area contributed by atoms with Crippen molar-refractivity contribution in [2.24, 2.45) is 0 Å². The van der Waals surface area contributed by atoms with Crippen molar-refractivity contribution < 1.29 is 0 Å². The minimum absolute atomic E-state index is 0.717. The predicted molar refractivity (Wildman–Crippen MR) is 73.3 cm³/mol. The zero-order valence-corrected chi connectivity index (χ0v) is 9.88. The first-order chi connectivity index (χ1) is 8.93. The third-order valence-corrected chi connectivity index (χ3v) is 2.84. The van der Waals surface area contributed by atoms with Gasteiger partial charge in [-0.15, -0.1) is 0 Å². The summed E-state index contributed by atoms with van der Waals surface area (Å²) in [5.74, 6) is 0. The molecule has 0 aliphatic rings. The second-order valence-electron chi connectivity index (χ2n) is 4.05. The first kappa shape index (κ1) is 10.7. The van der Waals surface area contributed by atoms with Crippen LogP contribution < -0.4 is 5.32 Å². The Morgan fingerprint density at radius 3 is 2.61 bits per heavy atom. The van der Waals surface area contributed by atoms with Crippen LogP contribution >= 0.6 is 0 Å². The van der Waals surface area contributed by atoms with E-state index < -0.39 is 0 Å². The molecule has 2 aromatic heterocycles. The summed E-state index contributed by atoms with van der Waals surface area (Å²) in [4.78, 5) is 8.64. The van der Waals surface area contributed by atoms with E-state index in [4.69, 9.17) is 0 Å². The van der Waals surface area contributed by atoms with Gasteiger partial charge in [0.1, 0.15) is 0 Å². The van der Waals surface area contributed by atoms with Gasteiger partial charge in [-0.25, -0.2) is 0 Å². The first-order valence-electron chi connectivity index (χ1n) is 5.91. The normalized spacial score (nSPS) is 10.4. The number of para-hydroxylation sites is 1. The van der Waals surface area contributed by atoms with E-state index in [0.717, 1.165) is 28.8 Å². The van der Waals surface area contributed by atoms with Gasteiger partial charge in [0.05, 0.1) is 17.8 Å². The Morgan fingerprint density at radius 1 is 0.833 bits per heavy atom. The van der Waals surface area contributed by atoms with E-state index in [9.17, 15) is 0 Å². The summed E-state index contributed by atoms with van der Waals surface area (Å²) in [5.41, 5.74) is 3.12. The number of hydrogen-bond acceptors (Lipinski definition) is 3. The molecule has 0 spiro atoms. The highest BCUT2D eigenvalue weighted by atomic mass is 14.9. The molecule has 3 heteroatoms. The standard InChI is InChI=1S/C15H13N3/c1-2-7-14-13(6-1)15(8-10-17-14)18-11-12-5-3-4-9-16-12/h1-10H,11H2,(H,17,18). The molecular weight excluding hydrogens is 222 g/mol. The van der Waals surface area contributed by atoms with Crippen molar-refractivity contribution in [3.63, 3.8) is 0 Å². The summed E-state index contributed by atoms with van der Waals surface area (Å²) in [6.07, 6.45) is 3.63. The molecule has 3 rings (SSSR count). The molecule has 3 aromatic rings. The van der Waals surface area contributed by atoms with Crippen LogP contribution in [0, 0.1) is 0 Å². The highest BCUT2D eigenvalue weighted by Gasteiger charge is 2.00. The van der Waals surface area contributed by atoms with Crippen LogP contribution in [-0.2, 0) is 6.54 Å². The summed E-state index contributed by atoms with van der Waals surface area (Å²) in [6, 6.07) is 16.0. The SMILES string of the molecule is c1ccc(CNc2ccnc3ccccc23)nc1. The van der Waals surface area contributed by atoms with Gasteiger partial charge in [0.2, 0.25) is 0 Å². The molecule has 0 saturated heterocycles. The summed E-state index contributed by atoms with van der Waals surface area (Å²) in [6.45, 7) is 0.717. The Kier molecular flexibility index (Phi) is 2.88. The third kappa shape index (κ3) is 2.15. The van der Waals surface area contributed by atoms with Crippen molar-refractivity contribution in [3.8, 4) is 0 Å². The van der Waals surface area contributed by atoms with Gasteiger partial charge < -0.3 is 5.32 Å². The van der Waals surface area contributed by atoms with E-state index in [1.165, 1.54) is 0 Å². The molecule has 18 heavy (non-hydrogen) atoms. The highest BCUT2D eigenvalue weighted by Crippen LogP contribution is 2.21. The maximum Gasteiger partial charge on any atom is 0.0722 e. The zero-order valence-electron chi connectivity index (χ0n) is 9.88. The molecule has 0 aliphatic heterocycles. The molecule has 0 radical (unpaired) electrons. The first-order valence-corrected chi connectivity index (χ1v) is 5.91. The lowest BCUT2D eigenvalue weighted by molar-refractivity contribution is 1.05. The molecule has 3 nitrogen and oxygen atoms in total. The second-order valence-corrected chi connectivity index (χ2v) is 4.05. The Balaban J connectivity index is 1.87. The van der Waals surface area contributed by atoms with Gasteiger partial charge in [0, 0.05) is 23.5 Å². The van der Waals surface area contributed by atoms with Crippen LogP contribution in [0.25, 0.3) is 10.9 Å². The molecule has 0 fully saturated rings. The molecule has 0 bridgehead atoms. The highest BCUT2D eigenvalue weighted by molar-refractivity contribution is 5.90. The van der Waals surface area contributed by atoms with Gasteiger partial charge in [-0.05, 0) is 24.3 Å². The number of rotatable bonds is 3. The maximum atomic E-state index is 4.34. The molecule has 88 valence electrons. The Hall–Kier alpha value is -2.42. The lowest BCUT2D eigenvalue weighted by Crippen LogP contribution is -2.01. The molecule has 0 unspecified atom stereocenters. The van der Waals surface area contributed by atoms with Crippen LogP contribution in [0.5, 0.6) is 0 Å². The van der Waals surface area contributed by atoms with Crippen LogP contribution in [0.4, 0.5) is 5.69 Å². The van der Waals surface area contributed by atoms with Gasteiger partial charge in [0.15, 0.2) is 0 Å². The topological polar surface area (TPSA) is 37.8 Å². The quantitative estimate of drug-likeness (QED) is 0.757. The van der Waals surface area contributed by atoms with E-state index in [-0.39, 0.29) is 0 Å². The number of benzene rings is 1. The van der Waals surface area contributed by atoms with Crippen LogP contribution in [-0.4, -0.2) is 9.97 Å². The fourth-order valence-electron chi connectivity index (χ4n) is 1.94. The molecule has 1 aromatic carbocycles. The van der Waals surface area contributed by atoms with Crippen LogP contribution in [0.3, 0.4) is 0 Å². The summed E-state index contributed by atoms with van der Waals surface area (Å²) in [5, 5.41) is 4.54. The lowest BCUT2D eigenvalue weighted by Gasteiger charge is -2.08. The van der Waals surface area contributed by atoms with E-state index in [0.29, 0.717) is 0 Å². The number of pyridine rings is 2. The van der Waals surface area contributed by atoms with Crippen LogP contribution in [0.2, 0.25) is 0 Å². The Bertz CT molecular complexity index is 645. The minimum Gasteiger partial charge on any atom is -0.379 e. The minimum atomic E-state index is 0.717. The molecule has 0 amide bonds. The fourth-order valence-corrected chi connectivity index (χ4v) is 1.94. The van der Waals surface area contributed by atoms with E-state index in [1.54, 1.807) is 0 Å². The second kappa shape index (κ2) is 4.84. The number of hydrogen-bond donors (Lipinski definition) is 1. The fraction of sp³-hybridized carbons (Fsp3) is 0.0667. The monoisotopic (exact) mass is 235 g/mol. The third-order valence-electron chi connectivity index (χ3n) is 2.84. The molecule has 0 atom stereocenters. The van der Waals surface area contributed by atoms with E-state index in [2.05, 4.69) is 21.4 Å². The molecular formula is C15H13N3. The van der Waals surface area contributed by atoms with Crippen molar-refractivity contribution >= 4 is 16.6 Å². The van der Waals surface area contributed by atoms with Crippen molar-refractivity contribution in [3.05, 3.63) is 66.6 Å². The average molecular weight is 235 g/mol. The van der Waals surface area contributed by atoms with Gasteiger partial charge in [-0.1, -0.05) is 24.3 Å². The largest absolute Gasteiger partial charge is 0.379 e. The zero-order chi connectivity index (χ0) is 12.2. The molecule has 1 N–H and O–H groups in total. The molecule has 0 aliphatic carbocycles. The smallest absolute Gasteiger partial charge is 0.0722 e. The van der Waals surface area contributed by atoms with E-state index in [1.807, 2.05) is 54.9 Å². The summed E-state index contributed by atoms with van der Waals surface area (Å²) < 4.78 is 0. The van der Waals surface area contributed by atoms with Gasteiger partial charge in [-0.2, -0.15) is 0 Å². The van der Waals surface area contributed by atoms with Crippen molar-refractivity contribution in [1.82, 2.24) is 9.97 Å². The number of fused-ring (bicyclic) bond motifs is 1. The summed E-state index contributed by atoms with van der Waals surface area (Å²) in [7, 11) is 0. The average Bonchev–Trinajstić information content (AvgIpc) is 2.46. The van der Waals surface area contributed by atoms with E-state index >= 15 is 0 Å². The Morgan fingerprint density at radius 2 is 1.72 bits per heavy atom.